The van der Waals surface area contributed by atoms with Gasteiger partial charge in [0, 0.05) is 18.7 Å². The summed E-state index contributed by atoms with van der Waals surface area (Å²) in [7, 11) is -3.50. The van der Waals surface area contributed by atoms with E-state index in [0.29, 0.717) is 5.69 Å². The molecule has 0 saturated heterocycles. The second-order valence-corrected chi connectivity index (χ2v) is 8.79. The molecule has 0 atom stereocenters. The summed E-state index contributed by atoms with van der Waals surface area (Å²) in [5, 5.41) is 2.89. The van der Waals surface area contributed by atoms with Gasteiger partial charge in [-0.25, -0.2) is 8.42 Å². The molecule has 27 heavy (non-hydrogen) atoms. The van der Waals surface area contributed by atoms with Crippen molar-refractivity contribution in [1.29, 1.82) is 0 Å². The fraction of sp³-hybridized carbons (Fsp3) is 0.381. The molecule has 0 aliphatic heterocycles. The lowest BCUT2D eigenvalue weighted by atomic mass is 10.1. The zero-order chi connectivity index (χ0) is 20.2. The minimum Gasteiger partial charge on any atom is -0.326 e. The number of hydrogen-bond donors (Lipinski definition) is 1. The molecule has 0 fully saturated rings. The van der Waals surface area contributed by atoms with Crippen LogP contribution in [0.25, 0.3) is 0 Å². The Labute approximate surface area is 162 Å². The number of para-hydroxylation sites is 1. The molecule has 0 radical (unpaired) electrons. The number of rotatable bonds is 7. The highest BCUT2D eigenvalue weighted by Gasteiger charge is 2.22. The number of hydrogen-bond acceptors (Lipinski definition) is 3. The molecule has 6 heteroatoms. The summed E-state index contributed by atoms with van der Waals surface area (Å²) in [5.41, 5.74) is 5.31. The topological polar surface area (TPSA) is 66.5 Å². The van der Waals surface area contributed by atoms with E-state index in [9.17, 15) is 13.2 Å². The molecule has 5 nitrogen and oxygen atoms in total. The molecule has 0 bridgehead atoms. The Hall–Kier alpha value is -2.34. The predicted molar refractivity (Wildman–Crippen MR) is 112 cm³/mol. The number of aryl methyl sites for hydroxylation is 4. The quantitative estimate of drug-likeness (QED) is 0.780. The summed E-state index contributed by atoms with van der Waals surface area (Å²) in [6.45, 7) is 7.88. The van der Waals surface area contributed by atoms with Crippen LogP contribution >= 0.6 is 0 Å². The summed E-state index contributed by atoms with van der Waals surface area (Å²) in [6, 6.07) is 11.6. The van der Waals surface area contributed by atoms with Crippen LogP contribution < -0.4 is 9.62 Å². The Balaban J connectivity index is 2.21. The van der Waals surface area contributed by atoms with Gasteiger partial charge in [0.15, 0.2) is 0 Å². The van der Waals surface area contributed by atoms with Crippen molar-refractivity contribution >= 4 is 27.3 Å². The highest BCUT2D eigenvalue weighted by atomic mass is 32.2. The molecule has 2 rings (SSSR count). The average molecular weight is 389 g/mol. The van der Waals surface area contributed by atoms with Gasteiger partial charge < -0.3 is 5.32 Å². The second-order valence-electron chi connectivity index (χ2n) is 6.89. The number of carbonyl (C=O) groups excluding carboxylic acids is 1. The first-order valence-corrected chi connectivity index (χ1v) is 10.9. The Bertz CT molecular complexity index is 936. The van der Waals surface area contributed by atoms with E-state index in [4.69, 9.17) is 0 Å². The van der Waals surface area contributed by atoms with E-state index in [0.717, 1.165) is 34.4 Å². The van der Waals surface area contributed by atoms with Crippen LogP contribution in [0.2, 0.25) is 0 Å². The predicted octanol–water partition coefficient (Wildman–Crippen LogP) is 3.97. The molecule has 0 spiro atoms. The van der Waals surface area contributed by atoms with E-state index in [1.54, 1.807) is 0 Å². The second kappa shape index (κ2) is 8.57. The van der Waals surface area contributed by atoms with Gasteiger partial charge in [0.05, 0.1) is 11.9 Å². The Morgan fingerprint density at radius 2 is 1.78 bits per heavy atom. The minimum absolute atomic E-state index is 0.0813. The number of sulfonamides is 1. The maximum absolute atomic E-state index is 12.4. The highest BCUT2D eigenvalue weighted by Crippen LogP contribution is 2.28. The Morgan fingerprint density at radius 1 is 1.07 bits per heavy atom. The smallest absolute Gasteiger partial charge is 0.232 e. The molecular weight excluding hydrogens is 360 g/mol. The summed E-state index contributed by atoms with van der Waals surface area (Å²) in [5.74, 6) is -0.205. The van der Waals surface area contributed by atoms with Crippen LogP contribution in [0.1, 0.15) is 35.6 Å². The maximum atomic E-state index is 12.4. The maximum Gasteiger partial charge on any atom is 0.232 e. The lowest BCUT2D eigenvalue weighted by Gasteiger charge is -2.26. The van der Waals surface area contributed by atoms with Gasteiger partial charge in [-0.2, -0.15) is 0 Å². The lowest BCUT2D eigenvalue weighted by Crippen LogP contribution is -2.34. The monoisotopic (exact) mass is 388 g/mol. The summed E-state index contributed by atoms with van der Waals surface area (Å²) in [4.78, 5) is 12.4. The SMILES string of the molecule is CCc1cccc(C)c1N(CCC(=O)Nc1cc(C)ccc1C)S(C)(=O)=O. The van der Waals surface area contributed by atoms with Crippen LogP contribution in [-0.4, -0.2) is 27.1 Å². The van der Waals surface area contributed by atoms with Crippen LogP contribution in [0.15, 0.2) is 36.4 Å². The third kappa shape index (κ3) is 5.32. The van der Waals surface area contributed by atoms with Gasteiger partial charge >= 0.3 is 0 Å². The molecular formula is C21H28N2O3S. The molecule has 2 aromatic rings. The fourth-order valence-electron chi connectivity index (χ4n) is 3.09. The number of carbonyl (C=O) groups is 1. The van der Waals surface area contributed by atoms with E-state index in [1.807, 2.05) is 64.1 Å². The van der Waals surface area contributed by atoms with Gasteiger partial charge in [-0.05, 0) is 55.5 Å². The average Bonchev–Trinajstić information content (AvgIpc) is 2.58. The molecule has 0 saturated carbocycles. The Morgan fingerprint density at radius 3 is 2.41 bits per heavy atom. The summed E-state index contributed by atoms with van der Waals surface area (Å²) < 4.78 is 26.2. The lowest BCUT2D eigenvalue weighted by molar-refractivity contribution is -0.116. The van der Waals surface area contributed by atoms with Crippen molar-refractivity contribution in [2.24, 2.45) is 0 Å². The van der Waals surface area contributed by atoms with Crippen molar-refractivity contribution in [3.8, 4) is 0 Å². The van der Waals surface area contributed by atoms with E-state index in [1.165, 1.54) is 10.6 Å². The highest BCUT2D eigenvalue weighted by molar-refractivity contribution is 7.92. The Kier molecular flexibility index (Phi) is 6.65. The zero-order valence-corrected chi connectivity index (χ0v) is 17.5. The fourth-order valence-corrected chi connectivity index (χ4v) is 4.11. The largest absolute Gasteiger partial charge is 0.326 e. The van der Waals surface area contributed by atoms with Gasteiger partial charge in [-0.15, -0.1) is 0 Å². The van der Waals surface area contributed by atoms with Gasteiger partial charge in [0.1, 0.15) is 0 Å². The minimum atomic E-state index is -3.50. The first-order valence-electron chi connectivity index (χ1n) is 9.06. The number of anilines is 2. The van der Waals surface area contributed by atoms with Crippen LogP contribution in [0.5, 0.6) is 0 Å². The van der Waals surface area contributed by atoms with Crippen molar-refractivity contribution in [2.75, 3.05) is 22.4 Å². The molecule has 0 unspecified atom stereocenters. The van der Waals surface area contributed by atoms with Crippen LogP contribution in [0.3, 0.4) is 0 Å². The normalized spacial score (nSPS) is 11.3. The van der Waals surface area contributed by atoms with Gasteiger partial charge in [-0.1, -0.05) is 37.3 Å². The zero-order valence-electron chi connectivity index (χ0n) is 16.7. The first kappa shape index (κ1) is 21.0. The number of amides is 1. The summed E-state index contributed by atoms with van der Waals surface area (Å²) >= 11 is 0. The third-order valence-electron chi connectivity index (χ3n) is 4.56. The van der Waals surface area contributed by atoms with Crippen molar-refractivity contribution in [1.82, 2.24) is 0 Å². The number of nitrogens with one attached hydrogen (secondary N) is 1. The van der Waals surface area contributed by atoms with Crippen LogP contribution in [-0.2, 0) is 21.2 Å². The van der Waals surface area contributed by atoms with Crippen molar-refractivity contribution in [3.05, 3.63) is 58.7 Å². The van der Waals surface area contributed by atoms with E-state index in [2.05, 4.69) is 5.32 Å². The van der Waals surface area contributed by atoms with Gasteiger partial charge in [0.25, 0.3) is 0 Å². The van der Waals surface area contributed by atoms with Crippen molar-refractivity contribution < 1.29 is 13.2 Å². The molecule has 146 valence electrons. The molecule has 0 aliphatic carbocycles. The molecule has 1 N–H and O–H groups in total. The van der Waals surface area contributed by atoms with E-state index in [-0.39, 0.29) is 18.9 Å². The van der Waals surface area contributed by atoms with Crippen molar-refractivity contribution in [3.63, 3.8) is 0 Å². The molecule has 2 aromatic carbocycles. The standard InChI is InChI=1S/C21H28N2O3S/c1-6-18-9-7-8-17(4)21(18)23(27(5,25)26)13-12-20(24)22-19-14-15(2)10-11-16(19)3/h7-11,14H,6,12-13H2,1-5H3,(H,22,24). The van der Waals surface area contributed by atoms with Gasteiger partial charge in [0.2, 0.25) is 15.9 Å². The van der Waals surface area contributed by atoms with E-state index < -0.39 is 10.0 Å². The summed E-state index contributed by atoms with van der Waals surface area (Å²) in [6.07, 6.45) is 1.98. The third-order valence-corrected chi connectivity index (χ3v) is 5.73. The van der Waals surface area contributed by atoms with Crippen LogP contribution in [0.4, 0.5) is 11.4 Å². The number of nitrogens with zero attached hydrogens (tertiary/aromatic N) is 1. The molecule has 0 heterocycles. The number of benzene rings is 2. The van der Waals surface area contributed by atoms with Crippen LogP contribution in [0, 0.1) is 20.8 Å². The van der Waals surface area contributed by atoms with Crippen molar-refractivity contribution in [2.45, 2.75) is 40.5 Å². The van der Waals surface area contributed by atoms with E-state index >= 15 is 0 Å². The first-order chi connectivity index (χ1) is 12.6. The molecule has 1 amide bonds. The molecule has 0 aromatic heterocycles. The molecule has 0 aliphatic rings. The van der Waals surface area contributed by atoms with Gasteiger partial charge in [-0.3, -0.25) is 9.10 Å².